The largest absolute Gasteiger partial charge is 0.490 e. The van der Waals surface area contributed by atoms with Gasteiger partial charge in [-0.3, -0.25) is 14.5 Å². The van der Waals surface area contributed by atoms with Gasteiger partial charge in [0.05, 0.1) is 27.6 Å². The summed E-state index contributed by atoms with van der Waals surface area (Å²) in [5.41, 5.74) is 1.50. The van der Waals surface area contributed by atoms with Crippen molar-refractivity contribution >= 4 is 52.2 Å². The minimum absolute atomic E-state index is 0.0549. The molecule has 1 heterocycles. The van der Waals surface area contributed by atoms with Gasteiger partial charge in [-0.15, -0.1) is 0 Å². The molecule has 2 amide bonds. The number of amides is 2. The molecule has 146 valence electrons. The predicted octanol–water partition coefficient (Wildman–Crippen LogP) is 6.41. The van der Waals surface area contributed by atoms with E-state index in [-0.39, 0.29) is 23.8 Å². The minimum Gasteiger partial charge on any atom is -0.490 e. The highest BCUT2D eigenvalue weighted by molar-refractivity contribution is 8.18. The van der Waals surface area contributed by atoms with E-state index in [9.17, 15) is 9.59 Å². The zero-order valence-electron chi connectivity index (χ0n) is 15.4. The number of thioether (sulfide) groups is 1. The minimum atomic E-state index is -0.334. The molecule has 1 atom stereocenters. The second kappa shape index (κ2) is 9.03. The summed E-state index contributed by atoms with van der Waals surface area (Å²) in [7, 11) is 0. The van der Waals surface area contributed by atoms with Gasteiger partial charge in [0.15, 0.2) is 0 Å². The monoisotopic (exact) mass is 435 g/mol. The molecular formula is C21H19Cl2NO3S. The van der Waals surface area contributed by atoms with Gasteiger partial charge < -0.3 is 4.74 Å². The summed E-state index contributed by atoms with van der Waals surface area (Å²) in [5, 5.41) is 0.498. The summed E-state index contributed by atoms with van der Waals surface area (Å²) >= 11 is 12.9. The van der Waals surface area contributed by atoms with Crippen LogP contribution in [-0.4, -0.2) is 22.2 Å². The van der Waals surface area contributed by atoms with Gasteiger partial charge in [-0.2, -0.15) is 0 Å². The Hall–Kier alpha value is -1.95. The van der Waals surface area contributed by atoms with Crippen molar-refractivity contribution in [2.24, 2.45) is 0 Å². The molecule has 0 aromatic heterocycles. The van der Waals surface area contributed by atoms with Crippen molar-refractivity contribution in [1.29, 1.82) is 0 Å². The molecule has 2 aromatic rings. The normalized spacial score (nSPS) is 16.7. The van der Waals surface area contributed by atoms with E-state index in [1.807, 2.05) is 38.1 Å². The molecule has 0 radical (unpaired) electrons. The molecule has 1 fully saturated rings. The standard InChI is InChI=1S/C21H19Cl2NO3S/c1-3-13(2)27-18-7-5-4-6-15(18)11-19-20(25)24(21(26)28-19)12-14-8-9-16(22)17(23)10-14/h4-11,13H,3,12H2,1-2H3/b19-11+/t13-/m1/s1. The summed E-state index contributed by atoms with van der Waals surface area (Å²) in [4.78, 5) is 26.7. The molecule has 1 aliphatic rings. The summed E-state index contributed by atoms with van der Waals surface area (Å²) in [6, 6.07) is 12.5. The Morgan fingerprint density at radius 3 is 2.61 bits per heavy atom. The van der Waals surface area contributed by atoms with Crippen LogP contribution in [0, 0.1) is 0 Å². The highest BCUT2D eigenvalue weighted by atomic mass is 35.5. The number of imide groups is 1. The van der Waals surface area contributed by atoms with Crippen LogP contribution in [0.1, 0.15) is 31.4 Å². The first-order chi connectivity index (χ1) is 13.4. The molecule has 1 saturated heterocycles. The SMILES string of the molecule is CC[C@@H](C)Oc1ccccc1/C=C1/SC(=O)N(Cc2ccc(Cl)c(Cl)c2)C1=O. The zero-order valence-corrected chi connectivity index (χ0v) is 17.8. The number of halogens is 2. The molecule has 0 saturated carbocycles. The van der Waals surface area contributed by atoms with Gasteiger partial charge in [0, 0.05) is 5.56 Å². The van der Waals surface area contributed by atoms with E-state index in [0.29, 0.717) is 20.7 Å². The lowest BCUT2D eigenvalue weighted by Gasteiger charge is -2.15. The third kappa shape index (κ3) is 4.72. The van der Waals surface area contributed by atoms with Crippen molar-refractivity contribution in [3.05, 3.63) is 68.5 Å². The van der Waals surface area contributed by atoms with E-state index in [2.05, 4.69) is 0 Å². The first-order valence-electron chi connectivity index (χ1n) is 8.84. The van der Waals surface area contributed by atoms with E-state index in [1.54, 1.807) is 24.3 Å². The number of hydrogen-bond acceptors (Lipinski definition) is 4. The van der Waals surface area contributed by atoms with E-state index in [4.69, 9.17) is 27.9 Å². The third-order valence-electron chi connectivity index (χ3n) is 4.31. The average molecular weight is 436 g/mol. The molecule has 0 aliphatic carbocycles. The van der Waals surface area contributed by atoms with E-state index < -0.39 is 0 Å². The Morgan fingerprint density at radius 1 is 1.14 bits per heavy atom. The van der Waals surface area contributed by atoms with Gasteiger partial charge in [-0.05, 0) is 54.9 Å². The Kier molecular flexibility index (Phi) is 6.70. The zero-order chi connectivity index (χ0) is 20.3. The maximum absolute atomic E-state index is 12.8. The third-order valence-corrected chi connectivity index (χ3v) is 5.95. The van der Waals surface area contributed by atoms with Gasteiger partial charge in [0.25, 0.3) is 11.1 Å². The van der Waals surface area contributed by atoms with Crippen LogP contribution in [0.4, 0.5) is 4.79 Å². The molecule has 2 aromatic carbocycles. The number of ether oxygens (including phenoxy) is 1. The number of benzene rings is 2. The van der Waals surface area contributed by atoms with Crippen LogP contribution in [0.15, 0.2) is 47.4 Å². The number of rotatable bonds is 6. The van der Waals surface area contributed by atoms with Crippen molar-refractivity contribution in [2.45, 2.75) is 32.9 Å². The molecule has 1 aliphatic heterocycles. The van der Waals surface area contributed by atoms with Gasteiger partial charge in [0.2, 0.25) is 0 Å². The molecular weight excluding hydrogens is 417 g/mol. The van der Waals surface area contributed by atoms with Gasteiger partial charge >= 0.3 is 0 Å². The molecule has 3 rings (SSSR count). The second-order valence-corrected chi connectivity index (χ2v) is 8.20. The van der Waals surface area contributed by atoms with E-state index in [0.717, 1.165) is 29.3 Å². The van der Waals surface area contributed by atoms with Crippen LogP contribution in [0.25, 0.3) is 6.08 Å². The first-order valence-corrected chi connectivity index (χ1v) is 10.4. The van der Waals surface area contributed by atoms with E-state index >= 15 is 0 Å². The van der Waals surface area contributed by atoms with Crippen molar-refractivity contribution in [3.63, 3.8) is 0 Å². The molecule has 7 heteroatoms. The summed E-state index contributed by atoms with van der Waals surface area (Å²) < 4.78 is 5.92. The topological polar surface area (TPSA) is 46.6 Å². The number of carbonyl (C=O) groups is 2. The Balaban J connectivity index is 1.82. The summed E-state index contributed by atoms with van der Waals surface area (Å²) in [5.74, 6) is 0.354. The molecule has 0 spiro atoms. The van der Waals surface area contributed by atoms with Crippen LogP contribution < -0.4 is 4.74 Å². The van der Waals surface area contributed by atoms with Crippen molar-refractivity contribution < 1.29 is 14.3 Å². The van der Waals surface area contributed by atoms with Gasteiger partial charge in [-0.1, -0.05) is 54.4 Å². The lowest BCUT2D eigenvalue weighted by atomic mass is 10.1. The lowest BCUT2D eigenvalue weighted by Crippen LogP contribution is -2.27. The fraction of sp³-hybridized carbons (Fsp3) is 0.238. The Bertz CT molecular complexity index is 945. The number of para-hydroxylation sites is 1. The quantitative estimate of drug-likeness (QED) is 0.491. The van der Waals surface area contributed by atoms with Crippen LogP contribution in [0.5, 0.6) is 5.75 Å². The maximum atomic E-state index is 12.8. The van der Waals surface area contributed by atoms with Gasteiger partial charge in [-0.25, -0.2) is 0 Å². The fourth-order valence-electron chi connectivity index (χ4n) is 2.61. The van der Waals surface area contributed by atoms with Crippen LogP contribution in [0.3, 0.4) is 0 Å². The molecule has 4 nitrogen and oxygen atoms in total. The average Bonchev–Trinajstić information content (AvgIpc) is 2.93. The number of hydrogen-bond donors (Lipinski definition) is 0. The van der Waals surface area contributed by atoms with Gasteiger partial charge in [0.1, 0.15) is 5.75 Å². The smallest absolute Gasteiger partial charge is 0.293 e. The molecule has 0 N–H and O–H groups in total. The lowest BCUT2D eigenvalue weighted by molar-refractivity contribution is -0.123. The molecule has 0 unspecified atom stereocenters. The Labute approximate surface area is 178 Å². The summed E-state index contributed by atoms with van der Waals surface area (Å²) in [6.07, 6.45) is 2.63. The molecule has 28 heavy (non-hydrogen) atoms. The highest BCUT2D eigenvalue weighted by Crippen LogP contribution is 2.35. The van der Waals surface area contributed by atoms with Crippen LogP contribution in [-0.2, 0) is 11.3 Å². The van der Waals surface area contributed by atoms with E-state index in [1.165, 1.54) is 4.90 Å². The molecule has 0 bridgehead atoms. The van der Waals surface area contributed by atoms with Crippen molar-refractivity contribution in [2.75, 3.05) is 0 Å². The predicted molar refractivity (Wildman–Crippen MR) is 115 cm³/mol. The maximum Gasteiger partial charge on any atom is 0.293 e. The highest BCUT2D eigenvalue weighted by Gasteiger charge is 2.35. The van der Waals surface area contributed by atoms with Crippen molar-refractivity contribution in [1.82, 2.24) is 4.90 Å². The second-order valence-electron chi connectivity index (χ2n) is 6.39. The van der Waals surface area contributed by atoms with Crippen molar-refractivity contribution in [3.8, 4) is 5.75 Å². The number of carbonyl (C=O) groups excluding carboxylic acids is 2. The summed E-state index contributed by atoms with van der Waals surface area (Å²) in [6.45, 7) is 4.17. The van der Waals surface area contributed by atoms with Crippen LogP contribution in [0.2, 0.25) is 10.0 Å². The number of nitrogens with zero attached hydrogens (tertiary/aromatic N) is 1. The first kappa shape index (κ1) is 20.8. The van der Waals surface area contributed by atoms with Crippen LogP contribution >= 0.6 is 35.0 Å². The fourth-order valence-corrected chi connectivity index (χ4v) is 3.76. The Morgan fingerprint density at radius 2 is 1.89 bits per heavy atom.